The van der Waals surface area contributed by atoms with Gasteiger partial charge in [0.1, 0.15) is 5.60 Å². The minimum atomic E-state index is -0.803. The molecule has 0 saturated carbocycles. The molecule has 2 aliphatic heterocycles. The molecule has 0 aromatic carbocycles. The lowest BCUT2D eigenvalue weighted by atomic mass is 10.0. The van der Waals surface area contributed by atoms with Crippen molar-refractivity contribution < 1.29 is 14.6 Å². The van der Waals surface area contributed by atoms with Crippen molar-refractivity contribution in [2.45, 2.75) is 25.0 Å². The Bertz CT molecular complexity index is 483. The van der Waals surface area contributed by atoms with Crippen LogP contribution in [0.4, 0.5) is 0 Å². The number of carbonyl (C=O) groups is 1. The lowest BCUT2D eigenvalue weighted by Crippen LogP contribution is -2.46. The van der Waals surface area contributed by atoms with Crippen molar-refractivity contribution >= 4 is 17.2 Å². The van der Waals surface area contributed by atoms with Crippen LogP contribution >= 0.6 is 11.3 Å². The van der Waals surface area contributed by atoms with Crippen LogP contribution in [0.25, 0.3) is 0 Å². The molecule has 2 N–H and O–H groups in total. The van der Waals surface area contributed by atoms with Gasteiger partial charge in [-0.05, 0) is 23.4 Å². The van der Waals surface area contributed by atoms with Crippen molar-refractivity contribution in [3.63, 3.8) is 0 Å². The molecule has 1 aromatic heterocycles. The SMILES string of the molecule is O=C(CNCC1(O)CCOC1)N1CCc2sccc2C1. The van der Waals surface area contributed by atoms with Crippen LogP contribution in [0.1, 0.15) is 16.9 Å². The van der Waals surface area contributed by atoms with E-state index >= 15 is 0 Å². The zero-order valence-corrected chi connectivity index (χ0v) is 12.2. The normalized spacial score (nSPS) is 25.8. The molecule has 20 heavy (non-hydrogen) atoms. The number of ether oxygens (including phenoxy) is 1. The van der Waals surface area contributed by atoms with E-state index in [-0.39, 0.29) is 12.5 Å². The number of rotatable bonds is 4. The summed E-state index contributed by atoms with van der Waals surface area (Å²) in [4.78, 5) is 15.5. The Kier molecular flexibility index (Phi) is 4.07. The second-order valence-corrected chi connectivity index (χ2v) is 6.57. The van der Waals surface area contributed by atoms with Gasteiger partial charge in [-0.2, -0.15) is 0 Å². The number of hydrogen-bond donors (Lipinski definition) is 2. The van der Waals surface area contributed by atoms with Gasteiger partial charge in [0.25, 0.3) is 0 Å². The van der Waals surface area contributed by atoms with Gasteiger partial charge in [0.2, 0.25) is 5.91 Å². The van der Waals surface area contributed by atoms with Gasteiger partial charge >= 0.3 is 0 Å². The predicted octanol–water partition coefficient (Wildman–Crippen LogP) is 0.374. The van der Waals surface area contributed by atoms with Gasteiger partial charge in [-0.25, -0.2) is 0 Å². The molecule has 5 nitrogen and oxygen atoms in total. The first-order valence-corrected chi connectivity index (χ1v) is 7.88. The Labute approximate surface area is 122 Å². The third kappa shape index (κ3) is 3.03. The number of amides is 1. The fourth-order valence-electron chi connectivity index (χ4n) is 2.71. The standard InChI is InChI=1S/C14H20N2O3S/c17-13(7-15-9-14(18)3-5-19-10-14)16-4-1-12-11(8-16)2-6-20-12/h2,6,15,18H,1,3-5,7-10H2. The van der Waals surface area contributed by atoms with Crippen LogP contribution in [0.2, 0.25) is 0 Å². The molecule has 2 aliphatic rings. The molecule has 0 radical (unpaired) electrons. The third-order valence-corrected chi connectivity index (χ3v) is 5.00. The summed E-state index contributed by atoms with van der Waals surface area (Å²) in [6.45, 7) is 3.15. The Morgan fingerprint density at radius 2 is 2.50 bits per heavy atom. The Morgan fingerprint density at radius 3 is 3.30 bits per heavy atom. The van der Waals surface area contributed by atoms with Crippen LogP contribution in [0, 0.1) is 0 Å². The summed E-state index contributed by atoms with van der Waals surface area (Å²) in [5.74, 6) is 0.101. The molecule has 1 aromatic rings. The molecule has 3 heterocycles. The first kappa shape index (κ1) is 14.0. The van der Waals surface area contributed by atoms with Gasteiger partial charge in [-0.15, -0.1) is 11.3 Å². The first-order valence-electron chi connectivity index (χ1n) is 7.00. The second-order valence-electron chi connectivity index (χ2n) is 5.56. The molecule has 1 unspecified atom stereocenters. The Balaban J connectivity index is 1.46. The van der Waals surface area contributed by atoms with E-state index in [9.17, 15) is 9.90 Å². The highest BCUT2D eigenvalue weighted by Gasteiger charge is 2.32. The summed E-state index contributed by atoms with van der Waals surface area (Å²) >= 11 is 1.77. The number of aliphatic hydroxyl groups is 1. The van der Waals surface area contributed by atoms with E-state index in [1.165, 1.54) is 10.4 Å². The molecule has 0 spiro atoms. The highest BCUT2D eigenvalue weighted by Crippen LogP contribution is 2.23. The smallest absolute Gasteiger partial charge is 0.236 e. The molecule has 1 atom stereocenters. The minimum Gasteiger partial charge on any atom is -0.386 e. The zero-order valence-electron chi connectivity index (χ0n) is 11.4. The zero-order chi connectivity index (χ0) is 14.0. The summed E-state index contributed by atoms with van der Waals surface area (Å²) in [5.41, 5.74) is 0.473. The molecular formula is C14H20N2O3S. The van der Waals surface area contributed by atoms with Crippen molar-refractivity contribution in [2.75, 3.05) is 32.8 Å². The van der Waals surface area contributed by atoms with Crippen molar-refractivity contribution in [1.82, 2.24) is 10.2 Å². The molecular weight excluding hydrogens is 276 g/mol. The summed E-state index contributed by atoms with van der Waals surface area (Å²) in [6, 6.07) is 2.10. The quantitative estimate of drug-likeness (QED) is 0.843. The van der Waals surface area contributed by atoms with Gasteiger partial charge in [-0.1, -0.05) is 0 Å². The molecule has 1 fully saturated rings. The van der Waals surface area contributed by atoms with Crippen LogP contribution in [0.15, 0.2) is 11.4 Å². The van der Waals surface area contributed by atoms with Crippen LogP contribution in [0.5, 0.6) is 0 Å². The van der Waals surface area contributed by atoms with Crippen molar-refractivity contribution in [3.8, 4) is 0 Å². The molecule has 1 amide bonds. The lowest BCUT2D eigenvalue weighted by Gasteiger charge is -2.28. The topological polar surface area (TPSA) is 61.8 Å². The minimum absolute atomic E-state index is 0.101. The molecule has 110 valence electrons. The van der Waals surface area contributed by atoms with E-state index in [0.29, 0.717) is 32.7 Å². The van der Waals surface area contributed by atoms with Crippen molar-refractivity contribution in [1.29, 1.82) is 0 Å². The summed E-state index contributed by atoms with van der Waals surface area (Å²) < 4.78 is 5.18. The number of carbonyl (C=O) groups excluding carboxylic acids is 1. The van der Waals surface area contributed by atoms with Gasteiger partial charge in [0.15, 0.2) is 0 Å². The van der Waals surface area contributed by atoms with Crippen LogP contribution in [0.3, 0.4) is 0 Å². The average Bonchev–Trinajstić information content (AvgIpc) is 3.06. The summed E-state index contributed by atoms with van der Waals surface area (Å²) in [6.07, 6.45) is 1.59. The third-order valence-electron chi connectivity index (χ3n) is 3.97. The van der Waals surface area contributed by atoms with Crippen molar-refractivity contribution in [2.24, 2.45) is 0 Å². The molecule has 0 bridgehead atoms. The van der Waals surface area contributed by atoms with E-state index < -0.39 is 5.60 Å². The highest BCUT2D eigenvalue weighted by atomic mass is 32.1. The van der Waals surface area contributed by atoms with Crippen LogP contribution in [-0.2, 0) is 22.5 Å². The second kappa shape index (κ2) is 5.81. The number of nitrogens with one attached hydrogen (secondary N) is 1. The molecule has 1 saturated heterocycles. The van der Waals surface area contributed by atoms with Crippen LogP contribution in [-0.4, -0.2) is 54.4 Å². The average molecular weight is 296 g/mol. The van der Waals surface area contributed by atoms with Gasteiger partial charge in [-0.3, -0.25) is 4.79 Å². The van der Waals surface area contributed by atoms with Crippen LogP contribution < -0.4 is 5.32 Å². The van der Waals surface area contributed by atoms with E-state index in [1.54, 1.807) is 11.3 Å². The van der Waals surface area contributed by atoms with E-state index in [0.717, 1.165) is 13.0 Å². The fraction of sp³-hybridized carbons (Fsp3) is 0.643. The monoisotopic (exact) mass is 296 g/mol. The lowest BCUT2D eigenvalue weighted by molar-refractivity contribution is -0.131. The predicted molar refractivity (Wildman–Crippen MR) is 76.7 cm³/mol. The fourth-order valence-corrected chi connectivity index (χ4v) is 3.60. The maximum atomic E-state index is 12.2. The van der Waals surface area contributed by atoms with E-state index in [4.69, 9.17) is 4.74 Å². The van der Waals surface area contributed by atoms with Gasteiger partial charge < -0.3 is 20.1 Å². The van der Waals surface area contributed by atoms with Gasteiger partial charge in [0.05, 0.1) is 13.2 Å². The number of nitrogens with zero attached hydrogens (tertiary/aromatic N) is 1. The van der Waals surface area contributed by atoms with E-state index in [1.807, 2.05) is 4.90 Å². The summed E-state index contributed by atoms with van der Waals surface area (Å²) in [7, 11) is 0. The highest BCUT2D eigenvalue weighted by molar-refractivity contribution is 7.10. The maximum Gasteiger partial charge on any atom is 0.236 e. The molecule has 3 rings (SSSR count). The van der Waals surface area contributed by atoms with Gasteiger partial charge in [0, 0.05) is 37.5 Å². The number of hydrogen-bond acceptors (Lipinski definition) is 5. The van der Waals surface area contributed by atoms with E-state index in [2.05, 4.69) is 16.8 Å². The number of thiophene rings is 1. The summed E-state index contributed by atoms with van der Waals surface area (Å²) in [5, 5.41) is 15.3. The number of fused-ring (bicyclic) bond motifs is 1. The molecule has 0 aliphatic carbocycles. The Hall–Kier alpha value is -0.950. The molecule has 6 heteroatoms. The van der Waals surface area contributed by atoms with Crippen molar-refractivity contribution in [3.05, 3.63) is 21.9 Å². The Morgan fingerprint density at radius 1 is 1.60 bits per heavy atom. The first-order chi connectivity index (χ1) is 9.66. The largest absolute Gasteiger partial charge is 0.386 e. The maximum absolute atomic E-state index is 12.2.